The van der Waals surface area contributed by atoms with Crippen LogP contribution < -0.4 is 4.74 Å². The second-order valence-electron chi connectivity index (χ2n) is 5.27. The molecule has 0 radical (unpaired) electrons. The van der Waals surface area contributed by atoms with Gasteiger partial charge < -0.3 is 9.72 Å². The van der Waals surface area contributed by atoms with E-state index in [-0.39, 0.29) is 0 Å². The van der Waals surface area contributed by atoms with E-state index in [0.717, 1.165) is 38.1 Å². The van der Waals surface area contributed by atoms with E-state index in [1.807, 2.05) is 42.5 Å². The van der Waals surface area contributed by atoms with Gasteiger partial charge >= 0.3 is 0 Å². The van der Waals surface area contributed by atoms with Crippen LogP contribution in [0.2, 0.25) is 5.02 Å². The highest BCUT2D eigenvalue weighted by atomic mass is 35.5. The Morgan fingerprint density at radius 2 is 1.73 bits per heavy atom. The van der Waals surface area contributed by atoms with Crippen molar-refractivity contribution in [2.75, 3.05) is 0 Å². The van der Waals surface area contributed by atoms with Gasteiger partial charge in [-0.3, -0.25) is 0 Å². The number of hydrogen-bond donors (Lipinski definition) is 1. The molecule has 0 aliphatic carbocycles. The average Bonchev–Trinajstić information content (AvgIpc) is 2.93. The van der Waals surface area contributed by atoms with Gasteiger partial charge in [0.1, 0.15) is 12.4 Å². The lowest BCUT2D eigenvalue weighted by atomic mass is 10.1. The van der Waals surface area contributed by atoms with Gasteiger partial charge in [0.15, 0.2) is 0 Å². The normalized spacial score (nSPS) is 11.1. The van der Waals surface area contributed by atoms with Gasteiger partial charge in [-0.05, 0) is 23.8 Å². The van der Waals surface area contributed by atoms with Crippen molar-refractivity contribution in [1.82, 2.24) is 4.98 Å². The lowest BCUT2D eigenvalue weighted by molar-refractivity contribution is 0.306. The van der Waals surface area contributed by atoms with Crippen molar-refractivity contribution >= 4 is 33.4 Å². The maximum atomic E-state index is 6.25. The van der Waals surface area contributed by atoms with Gasteiger partial charge in [-0.25, -0.2) is 0 Å². The standard InChI is InChI=1S/C19H14ClNO/c20-17-8-4-7-16-15-10-9-14(11-18(15)21-19(16)17)22-12-13-5-2-1-3-6-13/h1-11,21H,12H2. The number of benzene rings is 3. The highest BCUT2D eigenvalue weighted by Crippen LogP contribution is 2.32. The summed E-state index contributed by atoms with van der Waals surface area (Å²) in [4.78, 5) is 3.37. The molecule has 3 aromatic carbocycles. The minimum absolute atomic E-state index is 0.563. The third-order valence-electron chi connectivity index (χ3n) is 3.80. The van der Waals surface area contributed by atoms with Crippen LogP contribution in [0.3, 0.4) is 0 Å². The van der Waals surface area contributed by atoms with E-state index in [9.17, 15) is 0 Å². The monoisotopic (exact) mass is 307 g/mol. The van der Waals surface area contributed by atoms with E-state index in [1.165, 1.54) is 0 Å². The van der Waals surface area contributed by atoms with Crippen molar-refractivity contribution in [1.29, 1.82) is 0 Å². The summed E-state index contributed by atoms with van der Waals surface area (Å²) in [6.07, 6.45) is 0. The molecule has 1 heterocycles. The summed E-state index contributed by atoms with van der Waals surface area (Å²) in [5.74, 6) is 0.846. The van der Waals surface area contributed by atoms with Crippen LogP contribution in [-0.2, 0) is 6.61 Å². The summed E-state index contributed by atoms with van der Waals surface area (Å²) in [6.45, 7) is 0.563. The van der Waals surface area contributed by atoms with E-state index in [0.29, 0.717) is 6.61 Å². The van der Waals surface area contributed by atoms with Crippen molar-refractivity contribution in [3.63, 3.8) is 0 Å². The molecule has 4 rings (SSSR count). The molecule has 0 aliphatic rings. The fourth-order valence-electron chi connectivity index (χ4n) is 2.70. The van der Waals surface area contributed by atoms with Crippen LogP contribution in [0, 0.1) is 0 Å². The van der Waals surface area contributed by atoms with Gasteiger partial charge in [0.2, 0.25) is 0 Å². The molecule has 0 amide bonds. The van der Waals surface area contributed by atoms with Crippen molar-refractivity contribution in [2.45, 2.75) is 6.61 Å². The fraction of sp³-hybridized carbons (Fsp3) is 0.0526. The number of rotatable bonds is 3. The molecule has 1 aromatic heterocycles. The minimum Gasteiger partial charge on any atom is -0.489 e. The van der Waals surface area contributed by atoms with Crippen LogP contribution in [0.25, 0.3) is 21.8 Å². The number of nitrogens with one attached hydrogen (secondary N) is 1. The molecular weight excluding hydrogens is 294 g/mol. The molecule has 0 unspecified atom stereocenters. The van der Waals surface area contributed by atoms with Crippen LogP contribution in [-0.4, -0.2) is 4.98 Å². The topological polar surface area (TPSA) is 25.0 Å². The molecule has 2 nitrogen and oxygen atoms in total. The molecule has 0 aliphatic heterocycles. The molecule has 4 aromatic rings. The van der Waals surface area contributed by atoms with Crippen LogP contribution in [0.15, 0.2) is 66.7 Å². The highest BCUT2D eigenvalue weighted by Gasteiger charge is 2.07. The predicted molar refractivity (Wildman–Crippen MR) is 91.6 cm³/mol. The summed E-state index contributed by atoms with van der Waals surface area (Å²) in [5.41, 5.74) is 3.16. The molecule has 0 atom stereocenters. The summed E-state index contributed by atoms with van der Waals surface area (Å²) in [7, 11) is 0. The molecule has 22 heavy (non-hydrogen) atoms. The Balaban J connectivity index is 1.69. The molecule has 1 N–H and O–H groups in total. The summed E-state index contributed by atoms with van der Waals surface area (Å²) in [6, 6.07) is 22.2. The zero-order valence-corrected chi connectivity index (χ0v) is 12.6. The number of H-pyrrole nitrogens is 1. The molecule has 0 bridgehead atoms. The van der Waals surface area contributed by atoms with Crippen molar-refractivity contribution < 1.29 is 4.74 Å². The summed E-state index contributed by atoms with van der Waals surface area (Å²) >= 11 is 6.25. The van der Waals surface area contributed by atoms with Gasteiger partial charge in [-0.1, -0.05) is 54.1 Å². The maximum Gasteiger partial charge on any atom is 0.121 e. The third kappa shape index (κ3) is 2.32. The van der Waals surface area contributed by atoms with Crippen molar-refractivity contribution in [3.8, 4) is 5.75 Å². The van der Waals surface area contributed by atoms with Crippen LogP contribution in [0.4, 0.5) is 0 Å². The van der Waals surface area contributed by atoms with E-state index in [4.69, 9.17) is 16.3 Å². The number of halogens is 1. The zero-order chi connectivity index (χ0) is 14.9. The minimum atomic E-state index is 0.563. The second-order valence-corrected chi connectivity index (χ2v) is 5.68. The van der Waals surface area contributed by atoms with Crippen LogP contribution in [0.5, 0.6) is 5.75 Å². The molecular formula is C19H14ClNO. The van der Waals surface area contributed by atoms with Gasteiger partial charge in [0.05, 0.1) is 16.1 Å². The molecule has 0 spiro atoms. The van der Waals surface area contributed by atoms with Gasteiger partial charge in [-0.2, -0.15) is 0 Å². The van der Waals surface area contributed by atoms with Gasteiger partial charge in [0.25, 0.3) is 0 Å². The lowest BCUT2D eigenvalue weighted by Crippen LogP contribution is -1.94. The number of aromatic amines is 1. The first-order valence-electron chi connectivity index (χ1n) is 7.18. The molecule has 108 valence electrons. The van der Waals surface area contributed by atoms with Gasteiger partial charge in [0, 0.05) is 16.8 Å². The van der Waals surface area contributed by atoms with Crippen molar-refractivity contribution in [3.05, 3.63) is 77.3 Å². The Morgan fingerprint density at radius 3 is 2.59 bits per heavy atom. The lowest BCUT2D eigenvalue weighted by Gasteiger charge is -2.06. The summed E-state index contributed by atoms with van der Waals surface area (Å²) in [5, 5.41) is 3.03. The number of fused-ring (bicyclic) bond motifs is 3. The Hall–Kier alpha value is -2.45. The fourth-order valence-corrected chi connectivity index (χ4v) is 2.92. The third-order valence-corrected chi connectivity index (χ3v) is 4.12. The largest absolute Gasteiger partial charge is 0.489 e. The SMILES string of the molecule is Clc1cccc2c1[nH]c1cc(OCc3ccccc3)ccc12. The average molecular weight is 308 g/mol. The maximum absolute atomic E-state index is 6.25. The Bertz CT molecular complexity index is 944. The number of hydrogen-bond acceptors (Lipinski definition) is 1. The van der Waals surface area contributed by atoms with Crippen LogP contribution in [0.1, 0.15) is 5.56 Å². The quantitative estimate of drug-likeness (QED) is 0.527. The first-order chi connectivity index (χ1) is 10.8. The van der Waals surface area contributed by atoms with E-state index >= 15 is 0 Å². The molecule has 3 heteroatoms. The number of para-hydroxylation sites is 1. The van der Waals surface area contributed by atoms with Crippen LogP contribution >= 0.6 is 11.6 Å². The number of aromatic nitrogens is 1. The highest BCUT2D eigenvalue weighted by molar-refractivity contribution is 6.36. The molecule has 0 saturated heterocycles. The number of ether oxygens (including phenoxy) is 1. The first-order valence-corrected chi connectivity index (χ1v) is 7.56. The van der Waals surface area contributed by atoms with E-state index < -0.39 is 0 Å². The van der Waals surface area contributed by atoms with E-state index in [2.05, 4.69) is 29.2 Å². The Kier molecular flexibility index (Phi) is 3.24. The molecule has 0 saturated carbocycles. The smallest absolute Gasteiger partial charge is 0.121 e. The first kappa shape index (κ1) is 13.2. The van der Waals surface area contributed by atoms with E-state index in [1.54, 1.807) is 0 Å². The Labute approximate surface area is 133 Å². The molecule has 0 fully saturated rings. The Morgan fingerprint density at radius 1 is 0.864 bits per heavy atom. The van der Waals surface area contributed by atoms with Crippen molar-refractivity contribution in [2.24, 2.45) is 0 Å². The second kappa shape index (κ2) is 5.39. The summed E-state index contributed by atoms with van der Waals surface area (Å²) < 4.78 is 5.87. The predicted octanol–water partition coefficient (Wildman–Crippen LogP) is 5.55. The zero-order valence-electron chi connectivity index (χ0n) is 11.8. The van der Waals surface area contributed by atoms with Gasteiger partial charge in [-0.15, -0.1) is 0 Å².